The zero-order valence-corrected chi connectivity index (χ0v) is 12.5. The summed E-state index contributed by atoms with van der Waals surface area (Å²) in [6.07, 6.45) is 1.81. The van der Waals surface area contributed by atoms with Crippen LogP contribution in [0.1, 0.15) is 25.6 Å². The van der Waals surface area contributed by atoms with Crippen LogP contribution in [-0.2, 0) is 0 Å². The SMILES string of the molecule is CNc1cc(-c2cccc3ncccc23)nc(C(C)C)n1. The van der Waals surface area contributed by atoms with Crippen LogP contribution < -0.4 is 5.32 Å². The van der Waals surface area contributed by atoms with Crippen molar-refractivity contribution in [2.45, 2.75) is 19.8 Å². The third-order valence-electron chi connectivity index (χ3n) is 3.44. The maximum atomic E-state index is 4.72. The Balaban J connectivity index is 2.25. The molecule has 0 bridgehead atoms. The molecule has 0 unspecified atom stereocenters. The summed E-state index contributed by atoms with van der Waals surface area (Å²) < 4.78 is 0. The fourth-order valence-corrected chi connectivity index (χ4v) is 2.32. The minimum Gasteiger partial charge on any atom is -0.373 e. The van der Waals surface area contributed by atoms with Crippen molar-refractivity contribution in [3.05, 3.63) is 48.4 Å². The number of nitrogens with zero attached hydrogens (tertiary/aromatic N) is 3. The first-order valence-corrected chi connectivity index (χ1v) is 7.10. The summed E-state index contributed by atoms with van der Waals surface area (Å²) in [5.41, 5.74) is 2.99. The second-order valence-electron chi connectivity index (χ2n) is 5.28. The Bertz CT molecular complexity index is 775. The molecule has 3 aromatic rings. The highest BCUT2D eigenvalue weighted by molar-refractivity contribution is 5.93. The van der Waals surface area contributed by atoms with Gasteiger partial charge in [-0.25, -0.2) is 9.97 Å². The van der Waals surface area contributed by atoms with Gasteiger partial charge in [-0.15, -0.1) is 0 Å². The number of hydrogen-bond acceptors (Lipinski definition) is 4. The highest BCUT2D eigenvalue weighted by Crippen LogP contribution is 2.28. The predicted octanol–water partition coefficient (Wildman–Crippen LogP) is 3.86. The molecule has 0 fully saturated rings. The van der Waals surface area contributed by atoms with Crippen LogP contribution in [0.4, 0.5) is 5.82 Å². The lowest BCUT2D eigenvalue weighted by Gasteiger charge is -2.11. The Labute approximate surface area is 124 Å². The van der Waals surface area contributed by atoms with Crippen LogP contribution >= 0.6 is 0 Å². The van der Waals surface area contributed by atoms with E-state index in [2.05, 4.69) is 41.3 Å². The lowest BCUT2D eigenvalue weighted by molar-refractivity contribution is 0.778. The standard InChI is InChI=1S/C17H18N4/c1-11(2)17-20-15(10-16(18-3)21-17)13-6-4-8-14-12(13)7-5-9-19-14/h4-11H,1-3H3,(H,18,20,21). The molecule has 0 aliphatic heterocycles. The van der Waals surface area contributed by atoms with E-state index >= 15 is 0 Å². The van der Waals surface area contributed by atoms with Gasteiger partial charge >= 0.3 is 0 Å². The van der Waals surface area contributed by atoms with Crippen LogP contribution in [0.3, 0.4) is 0 Å². The van der Waals surface area contributed by atoms with Crippen LogP contribution in [0.5, 0.6) is 0 Å². The van der Waals surface area contributed by atoms with E-state index < -0.39 is 0 Å². The molecule has 1 N–H and O–H groups in total. The third-order valence-corrected chi connectivity index (χ3v) is 3.44. The smallest absolute Gasteiger partial charge is 0.133 e. The molecule has 2 aromatic heterocycles. The van der Waals surface area contributed by atoms with Gasteiger partial charge in [0.15, 0.2) is 0 Å². The Morgan fingerprint density at radius 3 is 2.67 bits per heavy atom. The molecule has 0 aliphatic rings. The molecule has 3 rings (SSSR count). The average molecular weight is 278 g/mol. The molecular weight excluding hydrogens is 260 g/mol. The van der Waals surface area contributed by atoms with E-state index in [4.69, 9.17) is 4.98 Å². The first kappa shape index (κ1) is 13.5. The van der Waals surface area contributed by atoms with Gasteiger partial charge < -0.3 is 5.32 Å². The van der Waals surface area contributed by atoms with Crippen molar-refractivity contribution in [1.82, 2.24) is 15.0 Å². The summed E-state index contributed by atoms with van der Waals surface area (Å²) in [5.74, 6) is 1.97. The number of benzene rings is 1. The number of nitrogens with one attached hydrogen (secondary N) is 1. The van der Waals surface area contributed by atoms with Crippen LogP contribution in [0.15, 0.2) is 42.6 Å². The van der Waals surface area contributed by atoms with Crippen LogP contribution in [0.25, 0.3) is 22.2 Å². The van der Waals surface area contributed by atoms with Crippen molar-refractivity contribution in [3.8, 4) is 11.3 Å². The Hall–Kier alpha value is -2.49. The number of aromatic nitrogens is 3. The van der Waals surface area contributed by atoms with Gasteiger partial charge in [0.25, 0.3) is 0 Å². The first-order valence-electron chi connectivity index (χ1n) is 7.10. The van der Waals surface area contributed by atoms with Crippen molar-refractivity contribution < 1.29 is 0 Å². The zero-order chi connectivity index (χ0) is 14.8. The largest absolute Gasteiger partial charge is 0.373 e. The number of pyridine rings is 1. The highest BCUT2D eigenvalue weighted by atomic mass is 15.0. The quantitative estimate of drug-likeness (QED) is 0.790. The number of hydrogen-bond donors (Lipinski definition) is 1. The lowest BCUT2D eigenvalue weighted by Crippen LogP contribution is -2.03. The molecule has 21 heavy (non-hydrogen) atoms. The molecule has 4 nitrogen and oxygen atoms in total. The van der Waals surface area contributed by atoms with Crippen LogP contribution in [-0.4, -0.2) is 22.0 Å². The van der Waals surface area contributed by atoms with Gasteiger partial charge in [-0.3, -0.25) is 4.98 Å². The zero-order valence-electron chi connectivity index (χ0n) is 12.5. The van der Waals surface area contributed by atoms with Crippen LogP contribution in [0, 0.1) is 0 Å². The monoisotopic (exact) mass is 278 g/mol. The van der Waals surface area contributed by atoms with Crippen molar-refractivity contribution >= 4 is 16.7 Å². The molecule has 0 saturated heterocycles. The van der Waals surface area contributed by atoms with Crippen LogP contribution in [0.2, 0.25) is 0 Å². The summed E-state index contributed by atoms with van der Waals surface area (Å²) in [7, 11) is 1.88. The minimum absolute atomic E-state index is 0.283. The van der Waals surface area contributed by atoms with Gasteiger partial charge in [-0.2, -0.15) is 0 Å². The summed E-state index contributed by atoms with van der Waals surface area (Å²) in [6, 6.07) is 12.1. The summed E-state index contributed by atoms with van der Waals surface area (Å²) in [4.78, 5) is 13.6. The number of rotatable bonds is 3. The van der Waals surface area contributed by atoms with E-state index in [1.807, 2.05) is 37.5 Å². The molecule has 4 heteroatoms. The van der Waals surface area contributed by atoms with E-state index in [1.54, 1.807) is 0 Å². The highest BCUT2D eigenvalue weighted by Gasteiger charge is 2.11. The van der Waals surface area contributed by atoms with Gasteiger partial charge in [0.2, 0.25) is 0 Å². The molecule has 2 heterocycles. The first-order chi connectivity index (χ1) is 10.2. The van der Waals surface area contributed by atoms with E-state index in [1.165, 1.54) is 0 Å². The Kier molecular flexibility index (Phi) is 3.52. The average Bonchev–Trinajstić information content (AvgIpc) is 2.53. The maximum Gasteiger partial charge on any atom is 0.133 e. The van der Waals surface area contributed by atoms with Gasteiger partial charge in [0.1, 0.15) is 11.6 Å². The van der Waals surface area contributed by atoms with Gasteiger partial charge in [0, 0.05) is 36.2 Å². The second kappa shape index (κ2) is 5.48. The summed E-state index contributed by atoms with van der Waals surface area (Å²) >= 11 is 0. The van der Waals surface area contributed by atoms with Crippen molar-refractivity contribution in [2.75, 3.05) is 12.4 Å². The summed E-state index contributed by atoms with van der Waals surface area (Å²) in [6.45, 7) is 4.20. The molecule has 0 saturated carbocycles. The fraction of sp³-hybridized carbons (Fsp3) is 0.235. The molecule has 0 aliphatic carbocycles. The molecule has 0 spiro atoms. The van der Waals surface area contributed by atoms with Gasteiger partial charge in [-0.05, 0) is 12.1 Å². The van der Waals surface area contributed by atoms with Crippen molar-refractivity contribution in [3.63, 3.8) is 0 Å². The van der Waals surface area contributed by atoms with Crippen molar-refractivity contribution in [1.29, 1.82) is 0 Å². The van der Waals surface area contributed by atoms with E-state index in [0.29, 0.717) is 0 Å². The van der Waals surface area contributed by atoms with Crippen molar-refractivity contribution in [2.24, 2.45) is 0 Å². The van der Waals surface area contributed by atoms with E-state index in [9.17, 15) is 0 Å². The third kappa shape index (κ3) is 2.57. The molecule has 0 radical (unpaired) electrons. The molecular formula is C17H18N4. The Morgan fingerprint density at radius 2 is 1.90 bits per heavy atom. The van der Waals surface area contributed by atoms with Gasteiger partial charge in [0.05, 0.1) is 11.2 Å². The van der Waals surface area contributed by atoms with Gasteiger partial charge in [-0.1, -0.05) is 32.0 Å². The number of anilines is 1. The summed E-state index contributed by atoms with van der Waals surface area (Å²) in [5, 5.41) is 4.22. The van der Waals surface area contributed by atoms with E-state index in [0.717, 1.165) is 33.8 Å². The van der Waals surface area contributed by atoms with E-state index in [-0.39, 0.29) is 5.92 Å². The topological polar surface area (TPSA) is 50.7 Å². The number of fused-ring (bicyclic) bond motifs is 1. The predicted molar refractivity (Wildman–Crippen MR) is 86.4 cm³/mol. The molecule has 106 valence electrons. The molecule has 0 atom stereocenters. The lowest BCUT2D eigenvalue weighted by atomic mass is 10.0. The fourth-order valence-electron chi connectivity index (χ4n) is 2.32. The Morgan fingerprint density at radius 1 is 1.05 bits per heavy atom. The molecule has 1 aromatic carbocycles. The minimum atomic E-state index is 0.283. The maximum absolute atomic E-state index is 4.72. The second-order valence-corrected chi connectivity index (χ2v) is 5.28. The normalized spacial score (nSPS) is 11.0. The molecule has 0 amide bonds.